The second kappa shape index (κ2) is 7.46. The van der Waals surface area contributed by atoms with Crippen LogP contribution in [0.1, 0.15) is 34.1 Å². The van der Waals surface area contributed by atoms with E-state index in [-0.39, 0.29) is 5.91 Å². The van der Waals surface area contributed by atoms with Crippen LogP contribution in [0.5, 0.6) is 0 Å². The summed E-state index contributed by atoms with van der Waals surface area (Å²) in [7, 11) is 0. The van der Waals surface area contributed by atoms with E-state index in [2.05, 4.69) is 44.5 Å². The predicted molar refractivity (Wildman–Crippen MR) is 64.8 cm³/mol. The van der Waals surface area contributed by atoms with Crippen LogP contribution in [0, 0.1) is 0 Å². The van der Waals surface area contributed by atoms with E-state index >= 15 is 0 Å². The Morgan fingerprint density at radius 1 is 1.33 bits per heavy atom. The third-order valence-corrected chi connectivity index (χ3v) is 2.40. The van der Waals surface area contributed by atoms with E-state index in [9.17, 15) is 4.79 Å². The van der Waals surface area contributed by atoms with Gasteiger partial charge in [-0.1, -0.05) is 6.58 Å². The number of amides is 1. The molecule has 15 heavy (non-hydrogen) atoms. The molecule has 0 heterocycles. The summed E-state index contributed by atoms with van der Waals surface area (Å²) in [6, 6.07) is 1.11. The quantitative estimate of drug-likeness (QED) is 0.515. The standard InChI is InChI=1S/C12H24N2O/c1-6-12(15)13-8-7-9-14(10(2)3)11(4)5/h6,10-11H,1,7-9H2,2-5H3,(H,13,15). The number of hydrogen-bond donors (Lipinski definition) is 1. The highest BCUT2D eigenvalue weighted by atomic mass is 16.1. The van der Waals surface area contributed by atoms with E-state index < -0.39 is 0 Å². The summed E-state index contributed by atoms with van der Waals surface area (Å²) in [6.45, 7) is 13.9. The molecule has 0 radical (unpaired) electrons. The number of carbonyl (C=O) groups excluding carboxylic acids is 1. The molecule has 0 aromatic rings. The van der Waals surface area contributed by atoms with Gasteiger partial charge in [0.2, 0.25) is 5.91 Å². The average Bonchev–Trinajstić information content (AvgIpc) is 2.15. The lowest BCUT2D eigenvalue weighted by atomic mass is 10.2. The molecule has 1 amide bonds. The highest BCUT2D eigenvalue weighted by molar-refractivity contribution is 5.86. The first-order chi connectivity index (χ1) is 6.99. The molecule has 0 fully saturated rings. The van der Waals surface area contributed by atoms with Crippen LogP contribution in [0.25, 0.3) is 0 Å². The van der Waals surface area contributed by atoms with Crippen LogP contribution in [0.3, 0.4) is 0 Å². The Morgan fingerprint density at radius 2 is 1.87 bits per heavy atom. The maximum absolute atomic E-state index is 10.9. The van der Waals surface area contributed by atoms with Crippen molar-refractivity contribution in [2.45, 2.75) is 46.2 Å². The number of nitrogens with one attached hydrogen (secondary N) is 1. The Morgan fingerprint density at radius 3 is 2.27 bits per heavy atom. The first-order valence-electron chi connectivity index (χ1n) is 5.65. The van der Waals surface area contributed by atoms with Gasteiger partial charge in [-0.05, 0) is 40.2 Å². The summed E-state index contributed by atoms with van der Waals surface area (Å²) in [6.07, 6.45) is 2.29. The van der Waals surface area contributed by atoms with E-state index in [1.807, 2.05) is 0 Å². The molecule has 0 aliphatic rings. The van der Waals surface area contributed by atoms with Gasteiger partial charge < -0.3 is 5.32 Å². The van der Waals surface area contributed by atoms with E-state index in [0.717, 1.165) is 19.5 Å². The van der Waals surface area contributed by atoms with Crippen molar-refractivity contribution < 1.29 is 4.79 Å². The maximum atomic E-state index is 10.9. The highest BCUT2D eigenvalue weighted by Gasteiger charge is 2.12. The first-order valence-corrected chi connectivity index (χ1v) is 5.65. The van der Waals surface area contributed by atoms with Crippen LogP contribution in [0.2, 0.25) is 0 Å². The van der Waals surface area contributed by atoms with Gasteiger partial charge in [0.1, 0.15) is 0 Å². The summed E-state index contributed by atoms with van der Waals surface area (Å²) in [5.41, 5.74) is 0. The topological polar surface area (TPSA) is 32.3 Å². The molecule has 1 N–H and O–H groups in total. The fourth-order valence-electron chi connectivity index (χ4n) is 1.66. The molecule has 0 aromatic heterocycles. The minimum absolute atomic E-state index is 0.0874. The molecule has 0 atom stereocenters. The average molecular weight is 212 g/mol. The number of nitrogens with zero attached hydrogens (tertiary/aromatic N) is 1. The lowest BCUT2D eigenvalue weighted by molar-refractivity contribution is -0.116. The van der Waals surface area contributed by atoms with Crippen molar-refractivity contribution in [2.75, 3.05) is 13.1 Å². The van der Waals surface area contributed by atoms with Gasteiger partial charge in [0.05, 0.1) is 0 Å². The molecular weight excluding hydrogens is 188 g/mol. The maximum Gasteiger partial charge on any atom is 0.243 e. The predicted octanol–water partition coefficient (Wildman–Crippen LogP) is 1.80. The molecule has 0 aromatic carbocycles. The van der Waals surface area contributed by atoms with Gasteiger partial charge >= 0.3 is 0 Å². The zero-order chi connectivity index (χ0) is 11.8. The lowest BCUT2D eigenvalue weighted by Crippen LogP contribution is -2.39. The third-order valence-electron chi connectivity index (χ3n) is 2.40. The highest BCUT2D eigenvalue weighted by Crippen LogP contribution is 2.04. The molecule has 0 unspecified atom stereocenters. The van der Waals surface area contributed by atoms with E-state index in [4.69, 9.17) is 0 Å². The van der Waals surface area contributed by atoms with Crippen molar-refractivity contribution >= 4 is 5.91 Å². The Hall–Kier alpha value is -0.830. The molecule has 0 saturated heterocycles. The Kier molecular flexibility index (Phi) is 7.05. The summed E-state index contributed by atoms with van der Waals surface area (Å²) >= 11 is 0. The lowest BCUT2D eigenvalue weighted by Gasteiger charge is -2.30. The minimum atomic E-state index is -0.0874. The molecular formula is C12H24N2O. The van der Waals surface area contributed by atoms with Gasteiger partial charge in [-0.15, -0.1) is 0 Å². The molecule has 0 aliphatic heterocycles. The van der Waals surface area contributed by atoms with Crippen molar-refractivity contribution in [2.24, 2.45) is 0 Å². The fraction of sp³-hybridized carbons (Fsp3) is 0.750. The van der Waals surface area contributed by atoms with Crippen molar-refractivity contribution in [3.8, 4) is 0 Å². The summed E-state index contributed by atoms with van der Waals surface area (Å²) in [4.78, 5) is 13.3. The summed E-state index contributed by atoms with van der Waals surface area (Å²) in [5.74, 6) is -0.0874. The molecule has 3 heteroatoms. The Balaban J connectivity index is 3.72. The minimum Gasteiger partial charge on any atom is -0.353 e. The monoisotopic (exact) mass is 212 g/mol. The smallest absolute Gasteiger partial charge is 0.243 e. The van der Waals surface area contributed by atoms with Crippen LogP contribution < -0.4 is 5.32 Å². The molecule has 0 spiro atoms. The SMILES string of the molecule is C=CC(=O)NCCCN(C(C)C)C(C)C. The van der Waals surface area contributed by atoms with Gasteiger partial charge in [0, 0.05) is 25.2 Å². The zero-order valence-electron chi connectivity index (χ0n) is 10.4. The van der Waals surface area contributed by atoms with Crippen LogP contribution in [-0.4, -0.2) is 36.0 Å². The normalized spacial score (nSPS) is 11.1. The molecule has 0 bridgehead atoms. The number of hydrogen-bond acceptors (Lipinski definition) is 2. The molecule has 0 rings (SSSR count). The van der Waals surface area contributed by atoms with Crippen LogP contribution in [-0.2, 0) is 4.79 Å². The second-order valence-corrected chi connectivity index (χ2v) is 4.27. The second-order valence-electron chi connectivity index (χ2n) is 4.27. The largest absolute Gasteiger partial charge is 0.353 e. The fourth-order valence-corrected chi connectivity index (χ4v) is 1.66. The zero-order valence-corrected chi connectivity index (χ0v) is 10.4. The van der Waals surface area contributed by atoms with Gasteiger partial charge in [-0.2, -0.15) is 0 Å². The van der Waals surface area contributed by atoms with Crippen molar-refractivity contribution in [1.82, 2.24) is 10.2 Å². The summed E-state index contributed by atoms with van der Waals surface area (Å²) < 4.78 is 0. The van der Waals surface area contributed by atoms with Gasteiger partial charge in [0.15, 0.2) is 0 Å². The van der Waals surface area contributed by atoms with Crippen molar-refractivity contribution in [1.29, 1.82) is 0 Å². The van der Waals surface area contributed by atoms with Crippen molar-refractivity contribution in [3.05, 3.63) is 12.7 Å². The van der Waals surface area contributed by atoms with Crippen LogP contribution >= 0.6 is 0 Å². The number of carbonyl (C=O) groups is 1. The molecule has 0 saturated carbocycles. The van der Waals surface area contributed by atoms with Crippen LogP contribution in [0.4, 0.5) is 0 Å². The Bertz CT molecular complexity index is 192. The number of rotatable bonds is 7. The van der Waals surface area contributed by atoms with Crippen LogP contribution in [0.15, 0.2) is 12.7 Å². The van der Waals surface area contributed by atoms with E-state index in [0.29, 0.717) is 12.1 Å². The van der Waals surface area contributed by atoms with E-state index in [1.54, 1.807) is 0 Å². The van der Waals surface area contributed by atoms with E-state index in [1.165, 1.54) is 6.08 Å². The molecule has 88 valence electrons. The van der Waals surface area contributed by atoms with Gasteiger partial charge in [0.25, 0.3) is 0 Å². The Labute approximate surface area is 93.5 Å². The molecule has 0 aliphatic carbocycles. The van der Waals surface area contributed by atoms with Gasteiger partial charge in [-0.3, -0.25) is 9.69 Å². The van der Waals surface area contributed by atoms with Crippen molar-refractivity contribution in [3.63, 3.8) is 0 Å². The summed E-state index contributed by atoms with van der Waals surface area (Å²) in [5, 5.41) is 2.78. The van der Waals surface area contributed by atoms with Gasteiger partial charge in [-0.25, -0.2) is 0 Å². The first kappa shape index (κ1) is 14.2. The molecule has 3 nitrogen and oxygen atoms in total. The third kappa shape index (κ3) is 6.28.